The molecule has 0 fully saturated rings. The molecule has 8 nitrogen and oxygen atoms in total. The van der Waals surface area contributed by atoms with E-state index in [4.69, 9.17) is 9.47 Å². The first-order valence-corrected chi connectivity index (χ1v) is 11.6. The van der Waals surface area contributed by atoms with Crippen LogP contribution in [-0.2, 0) is 27.8 Å². The maximum Gasteiger partial charge on any atom is 0.240 e. The molecule has 0 bridgehead atoms. The minimum Gasteiger partial charge on any atom is -0.491 e. The maximum atomic E-state index is 11.8. The SMILES string of the molecule is CCOCCOc1cc(C)ccc1CNC(=NC)NCc1ccc(S(=O)(=O)NC)cc1.I. The Bertz CT molecular complexity index is 966. The normalized spacial score (nSPS) is 11.6. The van der Waals surface area contributed by atoms with Gasteiger partial charge in [0.2, 0.25) is 10.0 Å². The number of rotatable bonds is 11. The fourth-order valence-corrected chi connectivity index (χ4v) is 3.52. The van der Waals surface area contributed by atoms with E-state index in [1.807, 2.05) is 32.0 Å². The molecule has 0 aliphatic heterocycles. The Morgan fingerprint density at radius 1 is 1.03 bits per heavy atom. The molecule has 10 heteroatoms. The monoisotopic (exact) mass is 576 g/mol. The van der Waals surface area contributed by atoms with E-state index >= 15 is 0 Å². The summed E-state index contributed by atoms with van der Waals surface area (Å²) in [6.07, 6.45) is 0. The van der Waals surface area contributed by atoms with Crippen LogP contribution in [0.2, 0.25) is 0 Å². The molecule has 0 saturated carbocycles. The molecule has 0 aliphatic carbocycles. The number of nitrogens with zero attached hydrogens (tertiary/aromatic N) is 1. The van der Waals surface area contributed by atoms with Gasteiger partial charge in [0.1, 0.15) is 12.4 Å². The van der Waals surface area contributed by atoms with Gasteiger partial charge >= 0.3 is 0 Å². The van der Waals surface area contributed by atoms with E-state index in [-0.39, 0.29) is 28.9 Å². The van der Waals surface area contributed by atoms with Gasteiger partial charge in [-0.25, -0.2) is 13.1 Å². The van der Waals surface area contributed by atoms with E-state index in [1.54, 1.807) is 31.3 Å². The quantitative estimate of drug-likeness (QED) is 0.165. The van der Waals surface area contributed by atoms with Crippen LogP contribution in [0.15, 0.2) is 52.4 Å². The Hall–Kier alpha value is -1.89. The Kier molecular flexibility index (Phi) is 12.6. The molecule has 0 aromatic heterocycles. The average Bonchev–Trinajstić information content (AvgIpc) is 2.78. The largest absolute Gasteiger partial charge is 0.491 e. The van der Waals surface area contributed by atoms with Gasteiger partial charge in [0.25, 0.3) is 0 Å². The number of sulfonamides is 1. The number of hydrogen-bond donors (Lipinski definition) is 3. The number of guanidine groups is 1. The van der Waals surface area contributed by atoms with Crippen molar-refractivity contribution in [2.24, 2.45) is 4.99 Å². The molecule has 0 radical (unpaired) electrons. The van der Waals surface area contributed by atoms with Crippen LogP contribution in [0, 0.1) is 6.92 Å². The number of nitrogens with one attached hydrogen (secondary N) is 3. The van der Waals surface area contributed by atoms with E-state index in [2.05, 4.69) is 20.3 Å². The highest BCUT2D eigenvalue weighted by atomic mass is 127. The van der Waals surface area contributed by atoms with E-state index < -0.39 is 10.0 Å². The predicted molar refractivity (Wildman–Crippen MR) is 138 cm³/mol. The van der Waals surface area contributed by atoms with Crippen molar-refractivity contribution in [1.82, 2.24) is 15.4 Å². The Balaban J connectivity index is 0.00000512. The molecule has 2 aromatic carbocycles. The van der Waals surface area contributed by atoms with Crippen molar-refractivity contribution < 1.29 is 17.9 Å². The number of halogens is 1. The van der Waals surface area contributed by atoms with Crippen LogP contribution < -0.4 is 20.1 Å². The molecule has 0 unspecified atom stereocenters. The van der Waals surface area contributed by atoms with Gasteiger partial charge in [0, 0.05) is 32.3 Å². The first-order valence-electron chi connectivity index (χ1n) is 10.2. The maximum absolute atomic E-state index is 11.8. The lowest BCUT2D eigenvalue weighted by Gasteiger charge is -2.16. The van der Waals surface area contributed by atoms with E-state index in [0.29, 0.717) is 38.9 Å². The minimum atomic E-state index is -3.43. The molecule has 0 atom stereocenters. The molecule has 0 aliphatic rings. The van der Waals surface area contributed by atoms with Crippen LogP contribution in [0.1, 0.15) is 23.6 Å². The average molecular weight is 577 g/mol. The van der Waals surface area contributed by atoms with Crippen LogP contribution in [-0.4, -0.2) is 48.3 Å². The summed E-state index contributed by atoms with van der Waals surface area (Å²) in [4.78, 5) is 4.48. The molecular weight excluding hydrogens is 543 g/mol. The summed E-state index contributed by atoms with van der Waals surface area (Å²) in [5.41, 5.74) is 3.08. The van der Waals surface area contributed by atoms with Crippen molar-refractivity contribution >= 4 is 40.0 Å². The molecule has 0 amide bonds. The fourth-order valence-electron chi connectivity index (χ4n) is 2.79. The van der Waals surface area contributed by atoms with Gasteiger partial charge in [0.15, 0.2) is 5.96 Å². The highest BCUT2D eigenvalue weighted by Gasteiger charge is 2.10. The standard InChI is InChI=1S/C22H32N4O4S.HI/c1-5-29-12-13-30-21-14-17(2)6-9-19(21)16-26-22(23-3)25-15-18-7-10-20(11-8-18)31(27,28)24-4;/h6-11,14,24H,5,12-13,15-16H2,1-4H3,(H2,23,25,26);1H. The predicted octanol–water partition coefficient (Wildman–Crippen LogP) is 2.80. The van der Waals surface area contributed by atoms with Gasteiger partial charge < -0.3 is 20.1 Å². The summed E-state index contributed by atoms with van der Waals surface area (Å²) >= 11 is 0. The van der Waals surface area contributed by atoms with E-state index in [9.17, 15) is 8.42 Å². The topological polar surface area (TPSA) is 101 Å². The van der Waals surface area contributed by atoms with Crippen molar-refractivity contribution in [2.45, 2.75) is 31.8 Å². The van der Waals surface area contributed by atoms with Gasteiger partial charge in [-0.2, -0.15) is 0 Å². The first kappa shape index (κ1) is 28.1. The zero-order valence-corrected chi connectivity index (χ0v) is 22.1. The minimum absolute atomic E-state index is 0. The third kappa shape index (κ3) is 8.93. The van der Waals surface area contributed by atoms with E-state index in [0.717, 1.165) is 22.4 Å². The number of hydrogen-bond acceptors (Lipinski definition) is 5. The van der Waals surface area contributed by atoms with Gasteiger partial charge in [-0.1, -0.05) is 24.3 Å². The first-order chi connectivity index (χ1) is 14.9. The van der Waals surface area contributed by atoms with Crippen LogP contribution >= 0.6 is 24.0 Å². The molecule has 178 valence electrons. The molecule has 0 saturated heterocycles. The third-order valence-electron chi connectivity index (χ3n) is 4.54. The van der Waals surface area contributed by atoms with Crippen molar-refractivity contribution in [2.75, 3.05) is 33.9 Å². The van der Waals surface area contributed by atoms with Crippen molar-refractivity contribution in [3.8, 4) is 5.75 Å². The molecule has 3 N–H and O–H groups in total. The second-order valence-corrected chi connectivity index (χ2v) is 8.67. The molecule has 0 heterocycles. The Morgan fingerprint density at radius 3 is 2.34 bits per heavy atom. The van der Waals surface area contributed by atoms with Gasteiger partial charge in [0.05, 0.1) is 11.5 Å². The van der Waals surface area contributed by atoms with Crippen LogP contribution in [0.25, 0.3) is 0 Å². The Morgan fingerprint density at radius 2 is 1.72 bits per heavy atom. The van der Waals surface area contributed by atoms with Gasteiger partial charge in [-0.15, -0.1) is 24.0 Å². The van der Waals surface area contributed by atoms with Gasteiger partial charge in [-0.05, 0) is 50.2 Å². The van der Waals surface area contributed by atoms with Gasteiger partial charge in [-0.3, -0.25) is 4.99 Å². The number of benzene rings is 2. The molecule has 0 spiro atoms. The second kappa shape index (κ2) is 14.3. The summed E-state index contributed by atoms with van der Waals surface area (Å²) in [6.45, 7) is 6.75. The molecule has 2 aromatic rings. The van der Waals surface area contributed by atoms with Crippen LogP contribution in [0.5, 0.6) is 5.75 Å². The molecule has 32 heavy (non-hydrogen) atoms. The second-order valence-electron chi connectivity index (χ2n) is 6.79. The number of aliphatic imine (C=N–C) groups is 1. The zero-order valence-electron chi connectivity index (χ0n) is 19.0. The lowest BCUT2D eigenvalue weighted by atomic mass is 10.1. The fraction of sp³-hybridized carbons (Fsp3) is 0.409. The van der Waals surface area contributed by atoms with E-state index in [1.165, 1.54) is 7.05 Å². The summed E-state index contributed by atoms with van der Waals surface area (Å²) in [7, 11) is -0.340. The smallest absolute Gasteiger partial charge is 0.240 e. The van der Waals surface area contributed by atoms with Crippen molar-refractivity contribution in [1.29, 1.82) is 0 Å². The summed E-state index contributed by atoms with van der Waals surface area (Å²) in [5, 5.41) is 6.52. The highest BCUT2D eigenvalue weighted by Crippen LogP contribution is 2.20. The molecule has 2 rings (SSSR count). The summed E-state index contributed by atoms with van der Waals surface area (Å²) in [6, 6.07) is 12.8. The van der Waals surface area contributed by atoms with Crippen molar-refractivity contribution in [3.05, 3.63) is 59.2 Å². The Labute approximate surface area is 208 Å². The van der Waals surface area contributed by atoms with Crippen molar-refractivity contribution in [3.63, 3.8) is 0 Å². The third-order valence-corrected chi connectivity index (χ3v) is 5.97. The summed E-state index contributed by atoms with van der Waals surface area (Å²) in [5.74, 6) is 1.46. The lowest BCUT2D eigenvalue weighted by molar-refractivity contribution is 0.110. The van der Waals surface area contributed by atoms with Crippen LogP contribution in [0.4, 0.5) is 0 Å². The summed E-state index contributed by atoms with van der Waals surface area (Å²) < 4.78 is 37.2. The van der Waals surface area contributed by atoms with Crippen LogP contribution in [0.3, 0.4) is 0 Å². The zero-order chi connectivity index (χ0) is 22.7. The molecular formula is C22H33IN4O4S. The number of aryl methyl sites for hydroxylation is 1. The highest BCUT2D eigenvalue weighted by molar-refractivity contribution is 14.0. The lowest BCUT2D eigenvalue weighted by Crippen LogP contribution is -2.36. The number of ether oxygens (including phenoxy) is 2.